The molecule has 120 heavy (non-hydrogen) atoms. The summed E-state index contributed by atoms with van der Waals surface area (Å²) in [4.78, 5) is 52.9. The van der Waals surface area contributed by atoms with Gasteiger partial charge in [0.05, 0.1) is 76.6 Å². The minimum absolute atomic E-state index is 0.142. The Hall–Kier alpha value is -11.3. The molecule has 0 saturated heterocycles. The Kier molecular flexibility index (Phi) is 22.3. The van der Waals surface area contributed by atoms with E-state index in [-0.39, 0.29) is 33.2 Å². The normalized spacial score (nSPS) is 24.2. The summed E-state index contributed by atoms with van der Waals surface area (Å²) in [5, 5.41) is 19.6. The van der Waals surface area contributed by atoms with Crippen molar-refractivity contribution in [1.29, 1.82) is 0 Å². The molecule has 24 rings (SSSR count). The molecule has 6 aromatic carbocycles. The van der Waals surface area contributed by atoms with Crippen molar-refractivity contribution in [1.82, 2.24) is 45.9 Å². The number of aromatic nitrogens is 6. The van der Waals surface area contributed by atoms with E-state index in [2.05, 4.69) is 243 Å². The number of thiophene rings is 2. The highest BCUT2D eigenvalue weighted by Crippen LogP contribution is 2.47. The standard InChI is InChI=1S/2C17H18N4.C17H17N3.C17H18N2S.C17H17NO.C17H17NS/c2*1-12-20-10-17(21-12)6-5-16-13(7-17)3-2-4-15(16)14-8-18-11-19-9-14;1-3-13-9-17(6-2-8-20-17)7-5-16(13)15(4-1)14-10-18-12-19-11-14;1-12-18-11-17(19-12)7-5-16-13(9-17)3-2-4-15(16)14-6-8-20-10-14;1-4-13-12-17(8-3-10-18-17)9-7-14(13)15(5-1)16-6-2-11-19-16;1-3-13-11-17(7-2-9-18-17)8-5-16(13)15(4-1)14-6-10-19-12-14/h2*2-4,8-9,11H,5-7,10H2,1H3,(H,20,21);1,3-4,8,10-12H,2,5-7,9H2;2-4,6,8,10H,5,7,9,11H2,1H3,(H,18,19);1-2,4-6,10-11H,3,7-9,12H2;1,3-4,6,9-10,12H,2,5,7-8,11H2/t6*17-/m101000/s1. The first-order chi connectivity index (χ1) is 58.9. The van der Waals surface area contributed by atoms with Crippen LogP contribution in [0, 0.1) is 0 Å². The second-order valence-corrected chi connectivity index (χ2v) is 36.8. The van der Waals surface area contributed by atoms with Crippen molar-refractivity contribution in [3.8, 4) is 67.0 Å². The number of aliphatic imine (C=N–C) groups is 6. The number of fused-ring (bicyclic) bond motifs is 6. The van der Waals surface area contributed by atoms with E-state index in [1.165, 1.54) is 158 Å². The van der Waals surface area contributed by atoms with Crippen LogP contribution in [-0.4, -0.2) is 119 Å². The quantitative estimate of drug-likeness (QED) is 0.144. The summed E-state index contributed by atoms with van der Waals surface area (Å²) in [6, 6.07) is 48.3. The van der Waals surface area contributed by atoms with E-state index in [4.69, 9.17) is 19.4 Å². The van der Waals surface area contributed by atoms with Crippen LogP contribution in [0.25, 0.3) is 67.0 Å². The van der Waals surface area contributed by atoms with Crippen LogP contribution in [0.1, 0.15) is 165 Å². The van der Waals surface area contributed by atoms with Crippen molar-refractivity contribution < 1.29 is 4.42 Å². The largest absolute Gasteiger partial charge is 0.464 e. The number of nitrogens with zero attached hydrogens (tertiary/aromatic N) is 12. The second kappa shape index (κ2) is 34.0. The van der Waals surface area contributed by atoms with Crippen molar-refractivity contribution >= 4 is 58.8 Å². The molecule has 0 bridgehead atoms. The van der Waals surface area contributed by atoms with Gasteiger partial charge in [0, 0.05) is 59.4 Å². The van der Waals surface area contributed by atoms with Crippen LogP contribution in [0.3, 0.4) is 0 Å². The first-order valence-corrected chi connectivity index (χ1v) is 45.2. The predicted octanol–water partition coefficient (Wildman–Crippen LogP) is 20.2. The number of hydrogen-bond acceptors (Lipinski definition) is 18. The van der Waals surface area contributed by atoms with Gasteiger partial charge >= 0.3 is 0 Å². The van der Waals surface area contributed by atoms with Crippen LogP contribution in [0.5, 0.6) is 0 Å². The van der Waals surface area contributed by atoms with Gasteiger partial charge < -0.3 is 20.4 Å². The highest BCUT2D eigenvalue weighted by Gasteiger charge is 2.43. The molecule has 6 aliphatic heterocycles. The van der Waals surface area contributed by atoms with Gasteiger partial charge in [0.1, 0.15) is 24.7 Å². The molecule has 16 nitrogen and oxygen atoms in total. The van der Waals surface area contributed by atoms with E-state index in [1.54, 1.807) is 59.0 Å². The summed E-state index contributed by atoms with van der Waals surface area (Å²) in [6.45, 7) is 8.92. The molecule has 0 saturated carbocycles. The lowest BCUT2D eigenvalue weighted by Crippen LogP contribution is -2.49. The number of amidine groups is 3. The molecule has 6 aliphatic carbocycles. The van der Waals surface area contributed by atoms with Gasteiger partial charge in [0.25, 0.3) is 0 Å². The van der Waals surface area contributed by atoms with Gasteiger partial charge in [-0.1, -0.05) is 109 Å². The average molecular weight is 1620 g/mol. The fourth-order valence-electron chi connectivity index (χ4n) is 21.5. The molecule has 6 aromatic heterocycles. The Morgan fingerprint density at radius 2 is 0.608 bits per heavy atom. The zero-order valence-corrected chi connectivity index (χ0v) is 70.8. The molecule has 0 radical (unpaired) electrons. The van der Waals surface area contributed by atoms with Crippen molar-refractivity contribution in [2.75, 3.05) is 19.6 Å². The Bertz CT molecular complexity index is 5630. The van der Waals surface area contributed by atoms with E-state index in [9.17, 15) is 0 Å². The summed E-state index contributed by atoms with van der Waals surface area (Å²) >= 11 is 3.55. The minimum atomic E-state index is 0.142. The van der Waals surface area contributed by atoms with Crippen molar-refractivity contribution in [2.45, 2.75) is 208 Å². The molecule has 12 aliphatic rings. The molecule has 6 atom stereocenters. The van der Waals surface area contributed by atoms with Crippen LogP contribution in [-0.2, 0) is 77.0 Å². The Morgan fingerprint density at radius 3 is 0.883 bits per heavy atom. The topological polar surface area (TPSA) is 201 Å². The highest BCUT2D eigenvalue weighted by atomic mass is 32.1. The number of furan rings is 1. The predicted molar refractivity (Wildman–Crippen MR) is 491 cm³/mol. The number of nitrogens with one attached hydrogen (secondary N) is 3. The van der Waals surface area contributed by atoms with Gasteiger partial charge in [0.2, 0.25) is 0 Å². The summed E-state index contributed by atoms with van der Waals surface area (Å²) in [6.07, 6.45) is 51.6. The lowest BCUT2D eigenvalue weighted by molar-refractivity contribution is 0.362. The third-order valence-electron chi connectivity index (χ3n) is 27.4. The minimum Gasteiger partial charge on any atom is -0.464 e. The van der Waals surface area contributed by atoms with Gasteiger partial charge in [-0.2, -0.15) is 22.7 Å². The first kappa shape index (κ1) is 78.5. The Balaban J connectivity index is 0.0000000953. The van der Waals surface area contributed by atoms with E-state index in [1.807, 2.05) is 49.3 Å². The third-order valence-corrected chi connectivity index (χ3v) is 28.8. The molecule has 18 heteroatoms. The van der Waals surface area contributed by atoms with Gasteiger partial charge in [-0.15, -0.1) is 0 Å². The zero-order valence-electron chi connectivity index (χ0n) is 69.2. The van der Waals surface area contributed by atoms with Crippen LogP contribution >= 0.6 is 22.7 Å². The summed E-state index contributed by atoms with van der Waals surface area (Å²) in [7, 11) is 0. The molecule has 0 fully saturated rings. The Labute approximate surface area is 713 Å². The highest BCUT2D eigenvalue weighted by molar-refractivity contribution is 7.08. The number of rotatable bonds is 6. The monoisotopic (exact) mass is 1620 g/mol. The van der Waals surface area contributed by atoms with Crippen LogP contribution in [0.15, 0.2) is 252 Å². The molecule has 3 N–H and O–H groups in total. The fraction of sp³-hybridized carbons (Fsp3) is 0.353. The van der Waals surface area contributed by atoms with Gasteiger partial charge in [-0.05, 0) is 345 Å². The molecule has 12 heterocycles. The summed E-state index contributed by atoms with van der Waals surface area (Å²) in [5.41, 5.74) is 32.9. The summed E-state index contributed by atoms with van der Waals surface area (Å²) < 4.78 is 5.57. The van der Waals surface area contributed by atoms with E-state index < -0.39 is 0 Å². The van der Waals surface area contributed by atoms with Gasteiger partial charge in [-0.25, -0.2) is 29.9 Å². The van der Waals surface area contributed by atoms with Crippen LogP contribution in [0.4, 0.5) is 0 Å². The second-order valence-electron chi connectivity index (χ2n) is 35.2. The van der Waals surface area contributed by atoms with Crippen LogP contribution < -0.4 is 16.0 Å². The Morgan fingerprint density at radius 1 is 0.308 bits per heavy atom. The molecule has 0 unspecified atom stereocenters. The van der Waals surface area contributed by atoms with Gasteiger partial charge in [0.15, 0.2) is 0 Å². The molecule has 0 amide bonds. The van der Waals surface area contributed by atoms with E-state index in [0.717, 1.165) is 156 Å². The molecule has 6 spiro atoms. The summed E-state index contributed by atoms with van der Waals surface area (Å²) in [5.74, 6) is 4.24. The molecular weight excluding hydrogens is 1520 g/mol. The van der Waals surface area contributed by atoms with E-state index in [0.29, 0.717) is 0 Å². The van der Waals surface area contributed by atoms with Crippen molar-refractivity contribution in [3.63, 3.8) is 0 Å². The maximum absolute atomic E-state index is 5.57. The maximum Gasteiger partial charge on any atom is 0.134 e. The van der Waals surface area contributed by atoms with Crippen molar-refractivity contribution in [2.24, 2.45) is 30.0 Å². The lowest BCUT2D eigenvalue weighted by Gasteiger charge is -2.35. The smallest absolute Gasteiger partial charge is 0.134 e. The maximum atomic E-state index is 5.57. The first-order valence-electron chi connectivity index (χ1n) is 43.4. The number of hydrogen-bond donors (Lipinski definition) is 3. The van der Waals surface area contributed by atoms with Crippen LogP contribution in [0.2, 0.25) is 0 Å². The molecule has 606 valence electrons. The fourth-order valence-corrected chi connectivity index (χ4v) is 22.8. The number of benzene rings is 6. The molecular formula is C102H105N15OS2. The van der Waals surface area contributed by atoms with E-state index >= 15 is 0 Å². The average Bonchev–Trinajstić information content (AvgIpc) is 1.39. The third kappa shape index (κ3) is 16.6. The van der Waals surface area contributed by atoms with Crippen molar-refractivity contribution in [3.05, 3.63) is 284 Å². The zero-order chi connectivity index (χ0) is 81.0. The lowest BCUT2D eigenvalue weighted by atomic mass is 9.75. The molecule has 12 aromatic rings. The SMILES string of the molecule is C1=N[C@@]2(CC1)CCc1c(cccc1-c1ccco1)C2.C1=N[C@@]2(CC1)CCc1c(cccc1-c1ccsc1)C2.C1=N[C@]2(CC1)CCc1c(cccc1-c1cncnc1)C2.CC1=NC[C@@]2(CCc3c(cccc3-c3ccsc3)C2)N1.CC1=NC[C@@]2(CCc3c(cccc3-c3cncnc3)C2)N1.CC1=NC[C@]2(CCc3c(cccc3-c3cncnc3)C2)N1. The van der Waals surface area contributed by atoms with Gasteiger partial charge in [-0.3, -0.25) is 30.0 Å².